The van der Waals surface area contributed by atoms with Crippen molar-refractivity contribution in [1.29, 1.82) is 0 Å². The molecule has 2 nitrogen and oxygen atoms in total. The van der Waals surface area contributed by atoms with Crippen molar-refractivity contribution in [3.8, 4) is 0 Å². The maximum Gasteiger partial charge on any atom is 0.0512 e. The lowest BCUT2D eigenvalue weighted by atomic mass is 9.88. The molecule has 1 aliphatic heterocycles. The summed E-state index contributed by atoms with van der Waals surface area (Å²) in [6, 6.07) is 9.53. The average molecular weight is 247 g/mol. The van der Waals surface area contributed by atoms with Crippen LogP contribution < -0.4 is 5.32 Å². The minimum absolute atomic E-state index is 0.431. The summed E-state index contributed by atoms with van der Waals surface area (Å²) >= 11 is 0. The first-order valence-corrected chi connectivity index (χ1v) is 7.19. The molecule has 0 spiro atoms. The molecule has 0 aliphatic carbocycles. The van der Waals surface area contributed by atoms with Gasteiger partial charge in [0.2, 0.25) is 0 Å². The van der Waals surface area contributed by atoms with Crippen molar-refractivity contribution < 1.29 is 4.74 Å². The van der Waals surface area contributed by atoms with Gasteiger partial charge in [0.15, 0.2) is 0 Å². The fraction of sp³-hybridized carbons (Fsp3) is 0.625. The van der Waals surface area contributed by atoms with Crippen LogP contribution in [0.15, 0.2) is 24.3 Å². The van der Waals surface area contributed by atoms with Crippen LogP contribution in [0.25, 0.3) is 0 Å². The van der Waals surface area contributed by atoms with Crippen LogP contribution in [0.5, 0.6) is 0 Å². The lowest BCUT2D eigenvalue weighted by molar-refractivity contribution is 0.0402. The molecule has 100 valence electrons. The third-order valence-corrected chi connectivity index (χ3v) is 3.86. The molecule has 1 aromatic rings. The number of hydrogen-bond acceptors (Lipinski definition) is 2. The Balaban J connectivity index is 2.06. The minimum atomic E-state index is 0.431. The summed E-state index contributed by atoms with van der Waals surface area (Å²) in [6.07, 6.45) is 4.85. The average Bonchev–Trinajstić information content (AvgIpc) is 2.43. The molecule has 0 radical (unpaired) electrons. The molecule has 0 saturated carbocycles. The van der Waals surface area contributed by atoms with Crippen LogP contribution in [0.1, 0.15) is 43.4 Å². The van der Waals surface area contributed by atoms with E-state index in [0.29, 0.717) is 12.0 Å². The van der Waals surface area contributed by atoms with E-state index in [9.17, 15) is 0 Å². The monoisotopic (exact) mass is 247 g/mol. The van der Waals surface area contributed by atoms with Crippen LogP contribution in [-0.4, -0.2) is 20.3 Å². The van der Waals surface area contributed by atoms with Gasteiger partial charge in [-0.25, -0.2) is 0 Å². The third kappa shape index (κ3) is 3.33. The van der Waals surface area contributed by atoms with Crippen LogP contribution in [0.4, 0.5) is 0 Å². The van der Waals surface area contributed by atoms with Crippen LogP contribution in [-0.2, 0) is 11.2 Å². The summed E-state index contributed by atoms with van der Waals surface area (Å²) in [4.78, 5) is 0. The molecule has 1 saturated heterocycles. The first kappa shape index (κ1) is 13.6. The summed E-state index contributed by atoms with van der Waals surface area (Å²) < 4.78 is 5.61. The van der Waals surface area contributed by atoms with Crippen molar-refractivity contribution in [1.82, 2.24) is 5.32 Å². The standard InChI is InChI=1S/C16H25NO/c1-3-5-13-7-9-14(10-8-13)16(17-2)15-6-4-11-18-12-15/h7-10,15-17H,3-6,11-12H2,1-2H3. The number of rotatable bonds is 5. The van der Waals surface area contributed by atoms with Gasteiger partial charge in [0, 0.05) is 18.6 Å². The van der Waals surface area contributed by atoms with Gasteiger partial charge in [0.05, 0.1) is 6.61 Å². The largest absolute Gasteiger partial charge is 0.381 e. The Morgan fingerprint density at radius 1 is 1.33 bits per heavy atom. The van der Waals surface area contributed by atoms with Gasteiger partial charge in [-0.2, -0.15) is 0 Å². The maximum atomic E-state index is 5.61. The van der Waals surface area contributed by atoms with Gasteiger partial charge in [-0.1, -0.05) is 37.6 Å². The fourth-order valence-corrected chi connectivity index (χ4v) is 2.88. The van der Waals surface area contributed by atoms with Gasteiger partial charge in [-0.05, 0) is 37.4 Å². The fourth-order valence-electron chi connectivity index (χ4n) is 2.88. The van der Waals surface area contributed by atoms with Gasteiger partial charge < -0.3 is 10.1 Å². The molecule has 1 N–H and O–H groups in total. The van der Waals surface area contributed by atoms with E-state index >= 15 is 0 Å². The van der Waals surface area contributed by atoms with Crippen LogP contribution in [0.2, 0.25) is 0 Å². The lowest BCUT2D eigenvalue weighted by Crippen LogP contribution is -2.31. The van der Waals surface area contributed by atoms with Crippen molar-refractivity contribution in [2.24, 2.45) is 5.92 Å². The highest BCUT2D eigenvalue weighted by molar-refractivity contribution is 5.25. The van der Waals surface area contributed by atoms with Gasteiger partial charge >= 0.3 is 0 Å². The predicted octanol–water partition coefficient (Wildman–Crippen LogP) is 3.33. The van der Waals surface area contributed by atoms with Crippen LogP contribution >= 0.6 is 0 Å². The van der Waals surface area contributed by atoms with Crippen molar-refractivity contribution >= 4 is 0 Å². The number of aryl methyl sites for hydroxylation is 1. The van der Waals surface area contributed by atoms with E-state index in [-0.39, 0.29) is 0 Å². The van der Waals surface area contributed by atoms with E-state index in [1.165, 1.54) is 36.8 Å². The Kier molecular flexibility index (Phi) is 5.21. The highest BCUT2D eigenvalue weighted by Crippen LogP contribution is 2.28. The third-order valence-electron chi connectivity index (χ3n) is 3.86. The van der Waals surface area contributed by atoms with Crippen LogP contribution in [0.3, 0.4) is 0 Å². The topological polar surface area (TPSA) is 21.3 Å². The van der Waals surface area contributed by atoms with Gasteiger partial charge in [0.25, 0.3) is 0 Å². The minimum Gasteiger partial charge on any atom is -0.381 e. The molecule has 2 rings (SSSR count). The maximum absolute atomic E-state index is 5.61. The molecule has 1 aromatic carbocycles. The number of benzene rings is 1. The molecular weight excluding hydrogens is 222 g/mol. The number of hydrogen-bond donors (Lipinski definition) is 1. The Bertz CT molecular complexity index is 341. The summed E-state index contributed by atoms with van der Waals surface area (Å²) in [6.45, 7) is 4.05. The van der Waals surface area contributed by atoms with E-state index in [2.05, 4.69) is 43.6 Å². The first-order chi connectivity index (χ1) is 8.85. The molecule has 1 heterocycles. The predicted molar refractivity (Wildman–Crippen MR) is 75.8 cm³/mol. The second kappa shape index (κ2) is 6.91. The molecule has 2 heteroatoms. The highest BCUT2D eigenvalue weighted by atomic mass is 16.5. The van der Waals surface area contributed by atoms with E-state index in [4.69, 9.17) is 4.74 Å². The smallest absolute Gasteiger partial charge is 0.0512 e. The van der Waals surface area contributed by atoms with Crippen molar-refractivity contribution in [2.45, 2.75) is 38.6 Å². The number of ether oxygens (including phenoxy) is 1. The molecule has 18 heavy (non-hydrogen) atoms. The molecule has 2 atom stereocenters. The number of nitrogens with one attached hydrogen (secondary N) is 1. The van der Waals surface area contributed by atoms with E-state index in [1.54, 1.807) is 0 Å². The molecule has 0 bridgehead atoms. The zero-order valence-electron chi connectivity index (χ0n) is 11.6. The molecular formula is C16H25NO. The van der Waals surface area contributed by atoms with Gasteiger partial charge in [0.1, 0.15) is 0 Å². The Morgan fingerprint density at radius 2 is 2.11 bits per heavy atom. The van der Waals surface area contributed by atoms with Crippen LogP contribution in [0, 0.1) is 5.92 Å². The molecule has 1 aliphatic rings. The summed E-state index contributed by atoms with van der Waals surface area (Å²) in [5, 5.41) is 3.46. The summed E-state index contributed by atoms with van der Waals surface area (Å²) in [5.74, 6) is 0.612. The van der Waals surface area contributed by atoms with Crippen molar-refractivity contribution in [3.05, 3.63) is 35.4 Å². The van der Waals surface area contributed by atoms with Crippen molar-refractivity contribution in [3.63, 3.8) is 0 Å². The highest BCUT2D eigenvalue weighted by Gasteiger charge is 2.24. The Morgan fingerprint density at radius 3 is 2.67 bits per heavy atom. The molecule has 0 amide bonds. The van der Waals surface area contributed by atoms with Gasteiger partial charge in [-0.15, -0.1) is 0 Å². The SMILES string of the molecule is CCCc1ccc(C(NC)C2CCCOC2)cc1. The normalized spacial score (nSPS) is 21.8. The molecule has 1 fully saturated rings. The van der Waals surface area contributed by atoms with E-state index in [0.717, 1.165) is 13.2 Å². The zero-order chi connectivity index (χ0) is 12.8. The molecule has 0 aromatic heterocycles. The van der Waals surface area contributed by atoms with Crippen molar-refractivity contribution in [2.75, 3.05) is 20.3 Å². The Hall–Kier alpha value is -0.860. The summed E-state index contributed by atoms with van der Waals surface area (Å²) in [5.41, 5.74) is 2.84. The second-order valence-electron chi connectivity index (χ2n) is 5.24. The quantitative estimate of drug-likeness (QED) is 0.861. The lowest BCUT2D eigenvalue weighted by Gasteiger charge is -2.30. The summed E-state index contributed by atoms with van der Waals surface area (Å²) in [7, 11) is 2.05. The van der Waals surface area contributed by atoms with E-state index < -0.39 is 0 Å². The second-order valence-corrected chi connectivity index (χ2v) is 5.24. The van der Waals surface area contributed by atoms with Gasteiger partial charge in [-0.3, -0.25) is 0 Å². The van der Waals surface area contributed by atoms with E-state index in [1.807, 2.05) is 0 Å². The Labute approximate surface area is 111 Å². The first-order valence-electron chi connectivity index (χ1n) is 7.19. The molecule has 2 unspecified atom stereocenters. The zero-order valence-corrected chi connectivity index (χ0v) is 11.6.